The number of carbonyl (C=O) groups is 1. The van der Waals surface area contributed by atoms with E-state index in [-0.39, 0.29) is 0 Å². The zero-order valence-electron chi connectivity index (χ0n) is 10.5. The molecule has 1 aromatic carbocycles. The summed E-state index contributed by atoms with van der Waals surface area (Å²) in [5, 5.41) is 5.20. The van der Waals surface area contributed by atoms with Crippen LogP contribution in [0, 0.1) is 0 Å². The number of primary amides is 1. The number of nitrogens with zero attached hydrogens (tertiary/aromatic N) is 2. The van der Waals surface area contributed by atoms with E-state index in [2.05, 4.69) is 18.3 Å². The van der Waals surface area contributed by atoms with Gasteiger partial charge >= 0.3 is 0 Å². The molecule has 0 fully saturated rings. The minimum absolute atomic E-state index is 0.384. The van der Waals surface area contributed by atoms with E-state index in [9.17, 15) is 4.79 Å². The van der Waals surface area contributed by atoms with Crippen molar-refractivity contribution in [2.24, 2.45) is 5.73 Å². The second-order valence-electron chi connectivity index (χ2n) is 3.97. The highest BCUT2D eigenvalue weighted by Gasteiger charge is 2.13. The van der Waals surface area contributed by atoms with Gasteiger partial charge in [-0.3, -0.25) is 4.79 Å². The minimum atomic E-state index is -0.478. The average Bonchev–Trinajstić information content (AvgIpc) is 2.73. The van der Waals surface area contributed by atoms with Gasteiger partial charge < -0.3 is 10.5 Å². The van der Waals surface area contributed by atoms with Crippen LogP contribution < -0.4 is 10.5 Å². The van der Waals surface area contributed by atoms with Crippen LogP contribution in [0.5, 0.6) is 5.88 Å². The highest BCUT2D eigenvalue weighted by molar-refractivity contribution is 5.97. The van der Waals surface area contributed by atoms with Crippen LogP contribution in [-0.2, 0) is 6.54 Å². The monoisotopic (exact) mass is 257 g/mol. The lowest BCUT2D eigenvalue weighted by molar-refractivity contribution is 0.100. The van der Waals surface area contributed by atoms with Gasteiger partial charge in [-0.05, 0) is 18.2 Å². The summed E-state index contributed by atoms with van der Waals surface area (Å²) in [5.74, 6) is 0.152. The fraction of sp³-hybridized carbons (Fsp3) is 0.143. The number of carbonyl (C=O) groups excluding carboxylic acids is 1. The van der Waals surface area contributed by atoms with Crippen LogP contribution in [0.4, 0.5) is 0 Å². The van der Waals surface area contributed by atoms with Gasteiger partial charge in [-0.1, -0.05) is 18.7 Å². The van der Waals surface area contributed by atoms with Gasteiger partial charge in [-0.15, -0.1) is 6.58 Å². The molecule has 0 saturated carbocycles. The Hall–Kier alpha value is -2.56. The summed E-state index contributed by atoms with van der Waals surface area (Å²) in [6.07, 6.45) is 3.39. The number of hydrogen-bond donors (Lipinski definition) is 1. The Balaban J connectivity index is 2.55. The van der Waals surface area contributed by atoms with E-state index >= 15 is 0 Å². The number of fused-ring (bicyclic) bond motifs is 1. The largest absolute Gasteiger partial charge is 0.473 e. The molecule has 98 valence electrons. The van der Waals surface area contributed by atoms with Crippen molar-refractivity contribution in [3.05, 3.63) is 49.1 Å². The van der Waals surface area contributed by atoms with E-state index in [1.807, 2.05) is 0 Å². The van der Waals surface area contributed by atoms with Crippen molar-refractivity contribution in [1.29, 1.82) is 0 Å². The minimum Gasteiger partial charge on any atom is -0.473 e. The molecule has 1 heterocycles. The molecular formula is C14H15N3O2. The molecule has 5 heteroatoms. The van der Waals surface area contributed by atoms with Crippen LogP contribution in [0.1, 0.15) is 10.4 Å². The van der Waals surface area contributed by atoms with Gasteiger partial charge in [0.05, 0.1) is 17.4 Å². The predicted octanol–water partition coefficient (Wildman–Crippen LogP) is 1.89. The van der Waals surface area contributed by atoms with E-state index < -0.39 is 5.91 Å². The molecule has 0 unspecified atom stereocenters. The van der Waals surface area contributed by atoms with Crippen LogP contribution >= 0.6 is 0 Å². The average molecular weight is 257 g/mol. The smallest absolute Gasteiger partial charge is 0.248 e. The van der Waals surface area contributed by atoms with Gasteiger partial charge in [-0.2, -0.15) is 5.10 Å². The summed E-state index contributed by atoms with van der Waals surface area (Å²) in [7, 11) is 0. The van der Waals surface area contributed by atoms with Crippen molar-refractivity contribution < 1.29 is 9.53 Å². The number of rotatable bonds is 6. The molecule has 1 amide bonds. The first kappa shape index (κ1) is 12.9. The second kappa shape index (κ2) is 5.39. The van der Waals surface area contributed by atoms with Gasteiger partial charge in [0.15, 0.2) is 0 Å². The number of aromatic nitrogens is 2. The van der Waals surface area contributed by atoms with Crippen molar-refractivity contribution in [2.75, 3.05) is 6.61 Å². The van der Waals surface area contributed by atoms with Gasteiger partial charge in [0.1, 0.15) is 6.61 Å². The Labute approximate surface area is 111 Å². The number of amides is 1. The Morgan fingerprint density at radius 1 is 1.42 bits per heavy atom. The first-order chi connectivity index (χ1) is 9.17. The molecule has 0 aliphatic rings. The van der Waals surface area contributed by atoms with E-state index in [0.717, 1.165) is 5.39 Å². The molecular weight excluding hydrogens is 242 g/mol. The maximum Gasteiger partial charge on any atom is 0.248 e. The Morgan fingerprint density at radius 3 is 2.84 bits per heavy atom. The molecule has 0 atom stereocenters. The van der Waals surface area contributed by atoms with Crippen LogP contribution in [0.3, 0.4) is 0 Å². The van der Waals surface area contributed by atoms with Crippen molar-refractivity contribution in [1.82, 2.24) is 9.78 Å². The third-order valence-corrected chi connectivity index (χ3v) is 2.62. The second-order valence-corrected chi connectivity index (χ2v) is 3.97. The summed E-state index contributed by atoms with van der Waals surface area (Å²) in [4.78, 5) is 11.2. The zero-order chi connectivity index (χ0) is 13.8. The lowest BCUT2D eigenvalue weighted by atomic mass is 10.1. The molecule has 0 radical (unpaired) electrons. The topological polar surface area (TPSA) is 70.1 Å². The van der Waals surface area contributed by atoms with Gasteiger partial charge in [0.25, 0.3) is 0 Å². The Kier molecular flexibility index (Phi) is 3.66. The zero-order valence-corrected chi connectivity index (χ0v) is 10.5. The summed E-state index contributed by atoms with van der Waals surface area (Å²) in [6.45, 7) is 8.21. The number of benzene rings is 1. The number of hydrogen-bond acceptors (Lipinski definition) is 3. The van der Waals surface area contributed by atoms with Crippen molar-refractivity contribution in [2.45, 2.75) is 6.54 Å². The third kappa shape index (κ3) is 2.49. The van der Waals surface area contributed by atoms with E-state index in [4.69, 9.17) is 10.5 Å². The number of ether oxygens (including phenoxy) is 1. The summed E-state index contributed by atoms with van der Waals surface area (Å²) in [5.41, 5.74) is 6.34. The third-order valence-electron chi connectivity index (χ3n) is 2.62. The van der Waals surface area contributed by atoms with E-state index in [0.29, 0.717) is 30.1 Å². The number of nitrogens with two attached hydrogens (primary N) is 1. The molecule has 19 heavy (non-hydrogen) atoms. The van der Waals surface area contributed by atoms with Crippen LogP contribution in [0.25, 0.3) is 10.9 Å². The Bertz CT molecular complexity index is 643. The molecule has 2 N–H and O–H groups in total. The first-order valence-corrected chi connectivity index (χ1v) is 5.82. The molecule has 1 aromatic heterocycles. The fourth-order valence-corrected chi connectivity index (χ4v) is 1.80. The van der Waals surface area contributed by atoms with Crippen molar-refractivity contribution >= 4 is 16.8 Å². The van der Waals surface area contributed by atoms with Gasteiger partial charge in [0, 0.05) is 5.56 Å². The first-order valence-electron chi connectivity index (χ1n) is 5.82. The van der Waals surface area contributed by atoms with Crippen LogP contribution in [0.2, 0.25) is 0 Å². The summed E-state index contributed by atoms with van der Waals surface area (Å²) < 4.78 is 7.30. The van der Waals surface area contributed by atoms with E-state index in [1.54, 1.807) is 35.0 Å². The molecule has 2 rings (SSSR count). The number of allylic oxidation sites excluding steroid dienone is 1. The summed E-state index contributed by atoms with van der Waals surface area (Å²) in [6, 6.07) is 5.09. The molecule has 0 saturated heterocycles. The maximum atomic E-state index is 11.2. The SMILES string of the molecule is C=CCOc1c2ccc(C(N)=O)cc2nn1CC=C. The summed E-state index contributed by atoms with van der Waals surface area (Å²) >= 11 is 0. The molecule has 0 aliphatic heterocycles. The molecule has 5 nitrogen and oxygen atoms in total. The van der Waals surface area contributed by atoms with Crippen molar-refractivity contribution in [3.63, 3.8) is 0 Å². The normalized spacial score (nSPS) is 10.3. The van der Waals surface area contributed by atoms with Crippen LogP contribution in [-0.4, -0.2) is 22.3 Å². The molecule has 0 bridgehead atoms. The Morgan fingerprint density at radius 2 is 2.21 bits per heavy atom. The van der Waals surface area contributed by atoms with Crippen LogP contribution in [0.15, 0.2) is 43.5 Å². The lowest BCUT2D eigenvalue weighted by Gasteiger charge is -2.05. The predicted molar refractivity (Wildman–Crippen MR) is 74.1 cm³/mol. The van der Waals surface area contributed by atoms with Crippen molar-refractivity contribution in [3.8, 4) is 5.88 Å². The lowest BCUT2D eigenvalue weighted by Crippen LogP contribution is -2.10. The maximum absolute atomic E-state index is 11.2. The van der Waals surface area contributed by atoms with Gasteiger partial charge in [-0.25, -0.2) is 4.68 Å². The van der Waals surface area contributed by atoms with Gasteiger partial charge in [0.2, 0.25) is 11.8 Å². The highest BCUT2D eigenvalue weighted by Crippen LogP contribution is 2.26. The molecule has 2 aromatic rings. The van der Waals surface area contributed by atoms with E-state index in [1.165, 1.54) is 0 Å². The molecule has 0 spiro atoms. The fourth-order valence-electron chi connectivity index (χ4n) is 1.80. The quantitative estimate of drug-likeness (QED) is 0.803. The highest BCUT2D eigenvalue weighted by atomic mass is 16.5. The molecule has 0 aliphatic carbocycles. The standard InChI is InChI=1S/C14H15N3O2/c1-3-7-17-14(19-8-4-2)11-6-5-10(13(15)18)9-12(11)16-17/h3-6,9H,1-2,7-8H2,(H2,15,18).